The Hall–Kier alpha value is -0.200. The fraction of sp³-hybridized carbons (Fsp3) is 1.00. The van der Waals surface area contributed by atoms with Gasteiger partial charge in [-0.25, -0.2) is 0 Å². The van der Waals surface area contributed by atoms with Gasteiger partial charge in [-0.2, -0.15) is 0 Å². The lowest BCUT2D eigenvalue weighted by atomic mass is 10.5. The molecule has 5 heteroatoms. The average Bonchev–Trinajstić information content (AvgIpc) is 1.87. The minimum absolute atomic E-state index is 0.525. The van der Waals surface area contributed by atoms with Gasteiger partial charge in [-0.15, -0.1) is 0 Å². The van der Waals surface area contributed by atoms with Gasteiger partial charge in [-0.1, -0.05) is 0 Å². The lowest BCUT2D eigenvalue weighted by Crippen LogP contribution is -2.36. The van der Waals surface area contributed by atoms with Crippen molar-refractivity contribution in [2.75, 3.05) is 26.2 Å². The molecular weight excluding hydrogens is 134 g/mol. The van der Waals surface area contributed by atoms with Gasteiger partial charge < -0.3 is 21.3 Å². The van der Waals surface area contributed by atoms with E-state index in [2.05, 4.69) is 10.6 Å². The Balaban J connectivity index is 2.77. The first-order chi connectivity index (χ1) is 4.77. The smallest absolute Gasteiger partial charge is 0.211 e. The molecule has 0 aliphatic rings. The lowest BCUT2D eigenvalue weighted by Gasteiger charge is -2.06. The van der Waals surface area contributed by atoms with E-state index < -0.39 is 6.41 Å². The van der Waals surface area contributed by atoms with Crippen molar-refractivity contribution >= 4 is 0 Å². The Morgan fingerprint density at radius 2 is 1.90 bits per heavy atom. The summed E-state index contributed by atoms with van der Waals surface area (Å²) in [4.78, 5) is 0. The van der Waals surface area contributed by atoms with Crippen LogP contribution in [-0.2, 0) is 0 Å². The number of aliphatic hydroxyl groups is 2. The number of hydrogen-bond acceptors (Lipinski definition) is 5. The molecule has 6 N–H and O–H groups in total. The highest BCUT2D eigenvalue weighted by Crippen LogP contribution is 1.63. The molecule has 0 fully saturated rings. The predicted molar refractivity (Wildman–Crippen MR) is 38.2 cm³/mol. The summed E-state index contributed by atoms with van der Waals surface area (Å²) in [5, 5.41) is 22.0. The molecule has 0 aromatic rings. The van der Waals surface area contributed by atoms with Gasteiger partial charge in [-0.3, -0.25) is 5.32 Å². The van der Waals surface area contributed by atoms with Crippen LogP contribution in [0.4, 0.5) is 0 Å². The largest absolute Gasteiger partial charge is 0.356 e. The highest BCUT2D eigenvalue weighted by atomic mass is 16.5. The molecule has 0 heterocycles. The van der Waals surface area contributed by atoms with E-state index in [0.29, 0.717) is 19.6 Å². The Morgan fingerprint density at radius 3 is 2.40 bits per heavy atom. The third kappa shape index (κ3) is 7.80. The summed E-state index contributed by atoms with van der Waals surface area (Å²) >= 11 is 0. The summed E-state index contributed by atoms with van der Waals surface area (Å²) < 4.78 is 0. The first kappa shape index (κ1) is 9.80. The van der Waals surface area contributed by atoms with Crippen LogP contribution in [0.2, 0.25) is 0 Å². The molecule has 0 saturated heterocycles. The van der Waals surface area contributed by atoms with Crippen molar-refractivity contribution in [3.63, 3.8) is 0 Å². The van der Waals surface area contributed by atoms with Crippen molar-refractivity contribution in [3.05, 3.63) is 0 Å². The van der Waals surface area contributed by atoms with E-state index in [-0.39, 0.29) is 0 Å². The summed E-state index contributed by atoms with van der Waals surface area (Å²) in [5.41, 5.74) is 5.19. The van der Waals surface area contributed by atoms with Gasteiger partial charge in [0.25, 0.3) is 0 Å². The number of nitrogens with two attached hydrogens (primary N) is 1. The maximum atomic E-state index is 8.30. The van der Waals surface area contributed by atoms with Crippen LogP contribution in [0.15, 0.2) is 0 Å². The maximum absolute atomic E-state index is 8.30. The number of aliphatic hydroxyl groups excluding tert-OH is 1. The zero-order valence-corrected chi connectivity index (χ0v) is 5.88. The standard InChI is InChI=1S/C5H15N3O2/c6-1-2-7-3-4-8-5(9)10/h5,7-10H,1-4,6H2. The van der Waals surface area contributed by atoms with Gasteiger partial charge in [-0.05, 0) is 0 Å². The highest BCUT2D eigenvalue weighted by Gasteiger charge is 1.91. The third-order valence-electron chi connectivity index (χ3n) is 0.950. The summed E-state index contributed by atoms with van der Waals surface area (Å²) in [7, 11) is 0. The SMILES string of the molecule is NCCNCCNC(O)O. The van der Waals surface area contributed by atoms with Crippen LogP contribution in [-0.4, -0.2) is 42.8 Å². The molecule has 0 unspecified atom stereocenters. The molecule has 0 amide bonds. The van der Waals surface area contributed by atoms with Crippen molar-refractivity contribution in [2.45, 2.75) is 6.41 Å². The zero-order chi connectivity index (χ0) is 7.82. The van der Waals surface area contributed by atoms with Gasteiger partial charge in [0, 0.05) is 26.2 Å². The molecule has 0 radical (unpaired) electrons. The van der Waals surface area contributed by atoms with E-state index in [1.807, 2.05) is 0 Å². The molecule has 0 aromatic carbocycles. The van der Waals surface area contributed by atoms with Crippen molar-refractivity contribution in [1.29, 1.82) is 0 Å². The molecule has 0 bridgehead atoms. The van der Waals surface area contributed by atoms with Crippen LogP contribution in [0.5, 0.6) is 0 Å². The first-order valence-electron chi connectivity index (χ1n) is 3.27. The summed E-state index contributed by atoms with van der Waals surface area (Å²) in [5.74, 6) is 0. The Kier molecular flexibility index (Phi) is 6.78. The van der Waals surface area contributed by atoms with Crippen LogP contribution >= 0.6 is 0 Å². The zero-order valence-electron chi connectivity index (χ0n) is 5.88. The van der Waals surface area contributed by atoms with Gasteiger partial charge in [0.15, 0.2) is 0 Å². The second-order valence-corrected chi connectivity index (χ2v) is 1.87. The summed E-state index contributed by atoms with van der Waals surface area (Å²) in [6, 6.07) is 0. The maximum Gasteiger partial charge on any atom is 0.211 e. The van der Waals surface area contributed by atoms with Gasteiger partial charge in [0.05, 0.1) is 0 Å². The molecular formula is C5H15N3O2. The molecule has 0 aliphatic carbocycles. The van der Waals surface area contributed by atoms with E-state index in [4.69, 9.17) is 15.9 Å². The molecule has 0 atom stereocenters. The van der Waals surface area contributed by atoms with Crippen molar-refractivity contribution in [1.82, 2.24) is 10.6 Å². The number of nitrogens with one attached hydrogen (secondary N) is 2. The molecule has 0 saturated carbocycles. The quantitative estimate of drug-likeness (QED) is 0.211. The van der Waals surface area contributed by atoms with E-state index in [9.17, 15) is 0 Å². The fourth-order valence-electron chi connectivity index (χ4n) is 0.517. The van der Waals surface area contributed by atoms with E-state index in [1.54, 1.807) is 0 Å². The minimum Gasteiger partial charge on any atom is -0.356 e. The molecule has 0 rings (SSSR count). The van der Waals surface area contributed by atoms with E-state index >= 15 is 0 Å². The van der Waals surface area contributed by atoms with Crippen LogP contribution in [0, 0.1) is 0 Å². The van der Waals surface area contributed by atoms with E-state index in [1.165, 1.54) is 0 Å². The van der Waals surface area contributed by atoms with Gasteiger partial charge in [0.1, 0.15) is 0 Å². The topological polar surface area (TPSA) is 90.5 Å². The van der Waals surface area contributed by atoms with Crippen LogP contribution in [0.25, 0.3) is 0 Å². The third-order valence-corrected chi connectivity index (χ3v) is 0.950. The molecule has 0 aromatic heterocycles. The average molecular weight is 149 g/mol. The second kappa shape index (κ2) is 6.91. The van der Waals surface area contributed by atoms with Crippen molar-refractivity contribution in [3.8, 4) is 0 Å². The van der Waals surface area contributed by atoms with Crippen molar-refractivity contribution in [2.24, 2.45) is 5.73 Å². The van der Waals surface area contributed by atoms with E-state index in [0.717, 1.165) is 6.54 Å². The first-order valence-corrected chi connectivity index (χ1v) is 3.27. The lowest BCUT2D eigenvalue weighted by molar-refractivity contribution is -0.0650. The molecule has 62 valence electrons. The van der Waals surface area contributed by atoms with Crippen molar-refractivity contribution < 1.29 is 10.2 Å². The number of hydrogen-bond donors (Lipinski definition) is 5. The Morgan fingerprint density at radius 1 is 1.20 bits per heavy atom. The predicted octanol–water partition coefficient (Wildman–Crippen LogP) is -2.61. The fourth-order valence-corrected chi connectivity index (χ4v) is 0.517. The molecule has 5 nitrogen and oxygen atoms in total. The minimum atomic E-state index is -1.42. The highest BCUT2D eigenvalue weighted by molar-refractivity contribution is 4.49. The molecule has 10 heavy (non-hydrogen) atoms. The molecule has 0 aliphatic heterocycles. The number of rotatable bonds is 6. The summed E-state index contributed by atoms with van der Waals surface area (Å²) in [6.07, 6.45) is -1.42. The monoisotopic (exact) mass is 149 g/mol. The normalized spacial score (nSPS) is 10.8. The molecule has 0 spiro atoms. The van der Waals surface area contributed by atoms with Gasteiger partial charge in [0.2, 0.25) is 6.41 Å². The Bertz CT molecular complexity index is 69.9. The second-order valence-electron chi connectivity index (χ2n) is 1.87. The van der Waals surface area contributed by atoms with Gasteiger partial charge >= 0.3 is 0 Å². The van der Waals surface area contributed by atoms with Crippen LogP contribution in [0.1, 0.15) is 0 Å². The van der Waals surface area contributed by atoms with Crippen LogP contribution in [0.3, 0.4) is 0 Å². The Labute approximate surface area is 60.2 Å². The van der Waals surface area contributed by atoms with Crippen LogP contribution < -0.4 is 16.4 Å². The summed E-state index contributed by atoms with van der Waals surface area (Å²) in [6.45, 7) is 2.57.